The maximum absolute atomic E-state index is 15.0. The second-order valence-electron chi connectivity index (χ2n) is 13.9. The van der Waals surface area contributed by atoms with E-state index < -0.39 is 47.5 Å². The van der Waals surface area contributed by atoms with Crippen molar-refractivity contribution in [2.45, 2.75) is 50.4 Å². The molecule has 12 heteroatoms. The molecule has 274 valence electrons. The van der Waals surface area contributed by atoms with Crippen LogP contribution in [0.5, 0.6) is 11.5 Å². The second-order valence-corrected chi connectivity index (χ2v) is 13.9. The third-order valence-corrected chi connectivity index (χ3v) is 11.0. The molecule has 0 radical (unpaired) electrons. The van der Waals surface area contributed by atoms with E-state index in [1.165, 1.54) is 48.9 Å². The SMILES string of the molecule is COc1ccc(NC(=O)[C@]2(N(Cc3ccc(C(F)(F)F)cc3)C(=O)CN3C(=O)c4ccccc4C3=O)CC[C@@H]3Cc4ccccc4C[C@H]3C2)c(OC)c1. The zero-order chi connectivity index (χ0) is 37.5. The summed E-state index contributed by atoms with van der Waals surface area (Å²) in [5.74, 6) is -1.46. The number of carbonyl (C=O) groups excluding carboxylic acids is 4. The molecule has 0 spiro atoms. The summed E-state index contributed by atoms with van der Waals surface area (Å²) < 4.78 is 51.6. The molecule has 1 N–H and O–H groups in total. The highest BCUT2D eigenvalue weighted by atomic mass is 19.4. The quantitative estimate of drug-likeness (QED) is 0.188. The van der Waals surface area contributed by atoms with Crippen molar-refractivity contribution in [3.8, 4) is 11.5 Å². The predicted octanol–water partition coefficient (Wildman–Crippen LogP) is 6.94. The summed E-state index contributed by atoms with van der Waals surface area (Å²) in [4.78, 5) is 58.9. The standard InChI is InChI=1S/C41H38F3N3O6/c1-52-31-15-16-34(35(21-31)53-2)45-39(51)40(18-17-28-19-26-7-3-4-8-27(26)20-29(28)22-40)47(23-25-11-13-30(14-12-25)41(42,43)44)36(48)24-46-37(49)32-9-5-6-10-33(32)38(46)50/h3-16,21,28-29H,17-20,22-24H2,1-2H3,(H,45,51)/t28-,29+,40+/m1/s1. The molecule has 4 amide bonds. The number of hydrogen-bond acceptors (Lipinski definition) is 6. The summed E-state index contributed by atoms with van der Waals surface area (Å²) in [6.45, 7) is -0.911. The van der Waals surface area contributed by atoms with Gasteiger partial charge in [-0.1, -0.05) is 48.5 Å². The van der Waals surface area contributed by atoms with Crippen LogP contribution in [-0.2, 0) is 35.2 Å². The molecule has 1 fully saturated rings. The first-order valence-electron chi connectivity index (χ1n) is 17.4. The lowest BCUT2D eigenvalue weighted by atomic mass is 9.62. The van der Waals surface area contributed by atoms with Crippen molar-refractivity contribution >= 4 is 29.3 Å². The number of nitrogens with zero attached hydrogens (tertiary/aromatic N) is 2. The highest BCUT2D eigenvalue weighted by Gasteiger charge is 2.53. The van der Waals surface area contributed by atoms with Crippen molar-refractivity contribution in [3.63, 3.8) is 0 Å². The van der Waals surface area contributed by atoms with E-state index in [0.717, 1.165) is 29.0 Å². The molecule has 2 aliphatic carbocycles. The highest BCUT2D eigenvalue weighted by molar-refractivity contribution is 6.22. The Hall–Kier alpha value is -5.65. The van der Waals surface area contributed by atoms with Crippen LogP contribution in [0.3, 0.4) is 0 Å². The molecule has 4 aromatic carbocycles. The van der Waals surface area contributed by atoms with Crippen LogP contribution in [0.25, 0.3) is 0 Å². The van der Waals surface area contributed by atoms with Gasteiger partial charge in [-0.3, -0.25) is 24.1 Å². The van der Waals surface area contributed by atoms with Gasteiger partial charge >= 0.3 is 6.18 Å². The molecule has 1 saturated carbocycles. The average molecular weight is 726 g/mol. The Bertz CT molecular complexity index is 2050. The van der Waals surface area contributed by atoms with Gasteiger partial charge in [-0.05, 0) is 97.0 Å². The van der Waals surface area contributed by atoms with Crippen LogP contribution in [0.2, 0.25) is 0 Å². The Kier molecular flexibility index (Phi) is 9.48. The molecule has 3 aliphatic rings. The monoisotopic (exact) mass is 725 g/mol. The first-order chi connectivity index (χ1) is 25.4. The lowest BCUT2D eigenvalue weighted by molar-refractivity contribution is -0.151. The van der Waals surface area contributed by atoms with Gasteiger partial charge < -0.3 is 19.7 Å². The number of alkyl halides is 3. The molecule has 0 aromatic heterocycles. The summed E-state index contributed by atoms with van der Waals surface area (Å²) in [6.07, 6.45) is -2.04. The largest absolute Gasteiger partial charge is 0.497 e. The minimum atomic E-state index is -4.58. The van der Waals surface area contributed by atoms with Gasteiger partial charge in [0, 0.05) is 12.6 Å². The van der Waals surface area contributed by atoms with Gasteiger partial charge in [-0.25, -0.2) is 0 Å². The number of ether oxygens (including phenoxy) is 2. The van der Waals surface area contributed by atoms with Crippen LogP contribution in [0.1, 0.15) is 62.2 Å². The number of anilines is 1. The van der Waals surface area contributed by atoms with Gasteiger partial charge in [0.1, 0.15) is 23.6 Å². The van der Waals surface area contributed by atoms with Crippen LogP contribution < -0.4 is 14.8 Å². The molecule has 53 heavy (non-hydrogen) atoms. The maximum Gasteiger partial charge on any atom is 0.416 e. The van der Waals surface area contributed by atoms with E-state index in [4.69, 9.17) is 9.47 Å². The average Bonchev–Trinajstić information content (AvgIpc) is 3.40. The molecule has 0 saturated heterocycles. The minimum absolute atomic E-state index is 0.0237. The molecule has 1 aliphatic heterocycles. The Morgan fingerprint density at radius 1 is 0.849 bits per heavy atom. The molecule has 1 heterocycles. The lowest BCUT2D eigenvalue weighted by Gasteiger charge is -2.51. The third-order valence-electron chi connectivity index (χ3n) is 11.0. The van der Waals surface area contributed by atoms with Gasteiger partial charge in [-0.15, -0.1) is 0 Å². The number of methoxy groups -OCH3 is 2. The van der Waals surface area contributed by atoms with E-state index in [1.54, 1.807) is 30.3 Å². The molecule has 4 aromatic rings. The zero-order valence-corrected chi connectivity index (χ0v) is 29.2. The fraction of sp³-hybridized carbons (Fsp3) is 0.317. The molecule has 0 bridgehead atoms. The van der Waals surface area contributed by atoms with Crippen molar-refractivity contribution in [3.05, 3.63) is 124 Å². The molecule has 3 atom stereocenters. The predicted molar refractivity (Wildman–Crippen MR) is 189 cm³/mol. The fourth-order valence-corrected chi connectivity index (χ4v) is 8.17. The second kappa shape index (κ2) is 14.1. The Morgan fingerprint density at radius 3 is 2.08 bits per heavy atom. The molecular formula is C41H38F3N3O6. The van der Waals surface area contributed by atoms with Crippen LogP contribution in [-0.4, -0.2) is 59.7 Å². The number of nitrogens with one attached hydrogen (secondary N) is 1. The van der Waals surface area contributed by atoms with E-state index >= 15 is 4.79 Å². The highest BCUT2D eigenvalue weighted by Crippen LogP contribution is 2.47. The van der Waals surface area contributed by atoms with Gasteiger partial charge in [0.15, 0.2) is 0 Å². The minimum Gasteiger partial charge on any atom is -0.497 e. The fourth-order valence-electron chi connectivity index (χ4n) is 8.17. The van der Waals surface area contributed by atoms with Crippen molar-refractivity contribution in [1.29, 1.82) is 0 Å². The first kappa shape index (κ1) is 35.7. The number of benzene rings is 4. The number of imide groups is 1. The van der Waals surface area contributed by atoms with Gasteiger partial charge in [-0.2, -0.15) is 13.2 Å². The topological polar surface area (TPSA) is 105 Å². The smallest absolute Gasteiger partial charge is 0.416 e. The Morgan fingerprint density at radius 2 is 1.47 bits per heavy atom. The Balaban J connectivity index is 1.30. The maximum atomic E-state index is 15.0. The summed E-state index contributed by atoms with van der Waals surface area (Å²) in [7, 11) is 2.95. The number of rotatable bonds is 9. The molecule has 0 unspecified atom stereocenters. The van der Waals surface area contributed by atoms with Crippen molar-refractivity contribution in [2.75, 3.05) is 26.1 Å². The normalized spacial score (nSPS) is 20.6. The Labute approximate surface area is 304 Å². The molecule has 7 rings (SSSR count). The van der Waals surface area contributed by atoms with E-state index in [2.05, 4.69) is 17.4 Å². The van der Waals surface area contributed by atoms with E-state index in [1.807, 2.05) is 12.1 Å². The van der Waals surface area contributed by atoms with E-state index in [9.17, 15) is 27.6 Å². The summed E-state index contributed by atoms with van der Waals surface area (Å²) in [6, 6.07) is 23.8. The number of carbonyl (C=O) groups is 4. The van der Waals surface area contributed by atoms with Crippen LogP contribution in [0.15, 0.2) is 91.0 Å². The molecule has 9 nitrogen and oxygen atoms in total. The number of amides is 4. The third kappa shape index (κ3) is 6.73. The summed E-state index contributed by atoms with van der Waals surface area (Å²) >= 11 is 0. The first-order valence-corrected chi connectivity index (χ1v) is 17.4. The van der Waals surface area contributed by atoms with Gasteiger partial charge in [0.25, 0.3) is 11.8 Å². The van der Waals surface area contributed by atoms with Crippen LogP contribution in [0, 0.1) is 11.8 Å². The van der Waals surface area contributed by atoms with Gasteiger partial charge in [0.2, 0.25) is 11.8 Å². The van der Waals surface area contributed by atoms with Crippen molar-refractivity contribution in [1.82, 2.24) is 9.80 Å². The zero-order valence-electron chi connectivity index (χ0n) is 29.2. The van der Waals surface area contributed by atoms with Crippen LogP contribution in [0.4, 0.5) is 18.9 Å². The van der Waals surface area contributed by atoms with Crippen molar-refractivity contribution < 1.29 is 41.8 Å². The van der Waals surface area contributed by atoms with Crippen LogP contribution >= 0.6 is 0 Å². The lowest BCUT2D eigenvalue weighted by Crippen LogP contribution is -2.63. The summed E-state index contributed by atoms with van der Waals surface area (Å²) in [5.41, 5.74) is 1.03. The van der Waals surface area contributed by atoms with E-state index in [0.29, 0.717) is 35.6 Å². The van der Waals surface area contributed by atoms with Crippen molar-refractivity contribution in [2.24, 2.45) is 11.8 Å². The summed E-state index contributed by atoms with van der Waals surface area (Å²) in [5, 5.41) is 3.00. The van der Waals surface area contributed by atoms with Gasteiger partial charge in [0.05, 0.1) is 36.6 Å². The number of halogens is 3. The van der Waals surface area contributed by atoms with E-state index in [-0.39, 0.29) is 42.3 Å². The number of hydrogen-bond donors (Lipinski definition) is 1. The number of fused-ring (bicyclic) bond motifs is 3. The molecular weight excluding hydrogens is 687 g/mol.